The van der Waals surface area contributed by atoms with Crippen LogP contribution in [0, 0.1) is 0 Å². The van der Waals surface area contributed by atoms with Crippen LogP contribution in [0.15, 0.2) is 0 Å². The summed E-state index contributed by atoms with van der Waals surface area (Å²) in [6.45, 7) is 3.33. The molecule has 0 saturated heterocycles. The number of alkyl halides is 1. The molecule has 0 spiro atoms. The summed E-state index contributed by atoms with van der Waals surface area (Å²) in [7, 11) is -2.90. The summed E-state index contributed by atoms with van der Waals surface area (Å²) >= 11 is 5.32. The lowest BCUT2D eigenvalue weighted by Gasteiger charge is -2.00. The van der Waals surface area contributed by atoms with Gasteiger partial charge in [0.15, 0.2) is 9.84 Å². The standard InChI is InChI=1S/C7H15ClNO2S/c1-2-9-5-3-6-12(10,11)7-4-8/h2-7H2,1H3. The van der Waals surface area contributed by atoms with Crippen molar-refractivity contribution < 1.29 is 8.42 Å². The van der Waals surface area contributed by atoms with Gasteiger partial charge >= 0.3 is 0 Å². The molecule has 0 atom stereocenters. The molecule has 0 N–H and O–H groups in total. The van der Waals surface area contributed by atoms with Crippen LogP contribution in [-0.4, -0.2) is 38.9 Å². The second-order valence-corrected chi connectivity index (χ2v) is 5.14. The Kier molecular flexibility index (Phi) is 6.80. The van der Waals surface area contributed by atoms with Crippen molar-refractivity contribution in [3.8, 4) is 0 Å². The van der Waals surface area contributed by atoms with Crippen molar-refractivity contribution in [2.24, 2.45) is 0 Å². The predicted molar refractivity (Wildman–Crippen MR) is 51.5 cm³/mol. The van der Waals surface area contributed by atoms with Crippen LogP contribution in [0.1, 0.15) is 13.3 Å². The van der Waals surface area contributed by atoms with Gasteiger partial charge in [0.2, 0.25) is 0 Å². The first kappa shape index (κ1) is 12.2. The monoisotopic (exact) mass is 212 g/mol. The van der Waals surface area contributed by atoms with Crippen molar-refractivity contribution in [2.45, 2.75) is 13.3 Å². The molecule has 0 fully saturated rings. The lowest BCUT2D eigenvalue weighted by molar-refractivity contribution is 0.590. The third-order valence-electron chi connectivity index (χ3n) is 1.38. The normalized spacial score (nSPS) is 11.8. The van der Waals surface area contributed by atoms with Crippen LogP contribution < -0.4 is 5.32 Å². The average Bonchev–Trinajstić information content (AvgIpc) is 1.98. The number of rotatable bonds is 7. The van der Waals surface area contributed by atoms with Crippen molar-refractivity contribution in [3.63, 3.8) is 0 Å². The molecule has 0 aliphatic rings. The highest BCUT2D eigenvalue weighted by Crippen LogP contribution is 1.94. The molecule has 0 heterocycles. The van der Waals surface area contributed by atoms with Gasteiger partial charge in [0.25, 0.3) is 0 Å². The SMILES string of the molecule is CC[N]CCCS(=O)(=O)CCCl. The number of hydrogen-bond donors (Lipinski definition) is 0. The zero-order chi connectivity index (χ0) is 9.45. The highest BCUT2D eigenvalue weighted by atomic mass is 35.5. The zero-order valence-electron chi connectivity index (χ0n) is 7.29. The van der Waals surface area contributed by atoms with Crippen LogP contribution in [0.3, 0.4) is 0 Å². The molecule has 0 unspecified atom stereocenters. The van der Waals surface area contributed by atoms with E-state index in [9.17, 15) is 8.42 Å². The average molecular weight is 213 g/mol. The molecule has 0 amide bonds. The highest BCUT2D eigenvalue weighted by molar-refractivity contribution is 7.91. The van der Waals surface area contributed by atoms with Gasteiger partial charge in [-0.05, 0) is 6.42 Å². The fourth-order valence-corrected chi connectivity index (χ4v) is 2.49. The fourth-order valence-electron chi connectivity index (χ4n) is 0.774. The minimum Gasteiger partial charge on any atom is -0.242 e. The Bertz CT molecular complexity index is 192. The van der Waals surface area contributed by atoms with E-state index in [4.69, 9.17) is 11.6 Å². The van der Waals surface area contributed by atoms with Gasteiger partial charge in [0.1, 0.15) is 0 Å². The Hall–Kier alpha value is 0.200. The second-order valence-electron chi connectivity index (χ2n) is 2.46. The van der Waals surface area contributed by atoms with Crippen molar-refractivity contribution in [3.05, 3.63) is 0 Å². The predicted octanol–water partition coefficient (Wildman–Crippen LogP) is 0.654. The van der Waals surface area contributed by atoms with Gasteiger partial charge in [-0.15, -0.1) is 11.6 Å². The number of hydrogen-bond acceptors (Lipinski definition) is 2. The zero-order valence-corrected chi connectivity index (χ0v) is 8.86. The van der Waals surface area contributed by atoms with E-state index in [1.165, 1.54) is 0 Å². The molecule has 5 heteroatoms. The Labute approximate surface area is 79.4 Å². The molecular formula is C7H15ClNO2S. The van der Waals surface area contributed by atoms with E-state index in [0.717, 1.165) is 6.54 Å². The maximum atomic E-state index is 11.1. The van der Waals surface area contributed by atoms with Gasteiger partial charge in [-0.25, -0.2) is 13.7 Å². The molecule has 12 heavy (non-hydrogen) atoms. The lowest BCUT2D eigenvalue weighted by atomic mass is 10.5. The van der Waals surface area contributed by atoms with Crippen LogP contribution in [0.4, 0.5) is 0 Å². The first-order valence-corrected chi connectivity index (χ1v) is 6.37. The summed E-state index contributed by atoms with van der Waals surface area (Å²) in [6.07, 6.45) is 0.618. The van der Waals surface area contributed by atoms with Crippen LogP contribution in [0.5, 0.6) is 0 Å². The summed E-state index contributed by atoms with van der Waals surface area (Å²) in [5.41, 5.74) is 0. The first-order valence-electron chi connectivity index (χ1n) is 4.02. The molecule has 0 aromatic carbocycles. The van der Waals surface area contributed by atoms with E-state index in [1.807, 2.05) is 6.92 Å². The molecule has 0 saturated carbocycles. The van der Waals surface area contributed by atoms with E-state index < -0.39 is 9.84 Å². The van der Waals surface area contributed by atoms with Crippen molar-refractivity contribution >= 4 is 21.4 Å². The minimum atomic E-state index is -2.90. The van der Waals surface area contributed by atoms with E-state index in [1.54, 1.807) is 0 Å². The molecule has 0 bridgehead atoms. The summed E-state index contributed by atoms with van der Waals surface area (Å²) in [6, 6.07) is 0. The molecular weight excluding hydrogens is 198 g/mol. The molecule has 73 valence electrons. The van der Waals surface area contributed by atoms with E-state index in [0.29, 0.717) is 13.0 Å². The molecule has 0 aliphatic carbocycles. The van der Waals surface area contributed by atoms with Crippen molar-refractivity contribution in [2.75, 3.05) is 30.5 Å². The van der Waals surface area contributed by atoms with Gasteiger partial charge in [-0.3, -0.25) is 0 Å². The fraction of sp³-hybridized carbons (Fsp3) is 1.00. The van der Waals surface area contributed by atoms with E-state index >= 15 is 0 Å². The third-order valence-corrected chi connectivity index (χ3v) is 3.53. The minimum absolute atomic E-state index is 0.0840. The lowest BCUT2D eigenvalue weighted by Crippen LogP contribution is -2.16. The number of nitrogens with zero attached hydrogens (tertiary/aromatic N) is 1. The molecule has 0 aromatic heterocycles. The Balaban J connectivity index is 3.48. The van der Waals surface area contributed by atoms with Crippen LogP contribution in [0.2, 0.25) is 0 Å². The maximum absolute atomic E-state index is 11.1. The maximum Gasteiger partial charge on any atom is 0.151 e. The topological polar surface area (TPSA) is 48.2 Å². The first-order chi connectivity index (χ1) is 5.62. The molecule has 0 aliphatic heterocycles. The van der Waals surface area contributed by atoms with Crippen molar-refractivity contribution in [1.82, 2.24) is 5.32 Å². The van der Waals surface area contributed by atoms with Crippen LogP contribution in [0.25, 0.3) is 0 Å². The Morgan fingerprint density at radius 1 is 1.33 bits per heavy atom. The van der Waals surface area contributed by atoms with Crippen LogP contribution >= 0.6 is 11.6 Å². The molecule has 0 rings (SSSR count). The van der Waals surface area contributed by atoms with Gasteiger partial charge in [0, 0.05) is 19.0 Å². The van der Waals surface area contributed by atoms with E-state index in [-0.39, 0.29) is 17.4 Å². The third kappa shape index (κ3) is 6.88. The van der Waals surface area contributed by atoms with Gasteiger partial charge in [-0.2, -0.15) is 0 Å². The summed E-state index contributed by atoms with van der Waals surface area (Å²) in [4.78, 5) is 0. The van der Waals surface area contributed by atoms with Crippen LogP contribution in [-0.2, 0) is 9.84 Å². The quantitative estimate of drug-likeness (QED) is 0.460. The summed E-state index contributed by atoms with van der Waals surface area (Å²) < 4.78 is 22.1. The van der Waals surface area contributed by atoms with Gasteiger partial charge < -0.3 is 0 Å². The number of halogens is 1. The molecule has 3 nitrogen and oxygen atoms in total. The number of sulfone groups is 1. The second kappa shape index (κ2) is 6.69. The molecule has 0 aromatic rings. The Morgan fingerprint density at radius 3 is 2.50 bits per heavy atom. The van der Waals surface area contributed by atoms with Gasteiger partial charge in [-0.1, -0.05) is 6.92 Å². The Morgan fingerprint density at radius 2 is 2.00 bits per heavy atom. The summed E-state index contributed by atoms with van der Waals surface area (Å²) in [5, 5.41) is 4.04. The van der Waals surface area contributed by atoms with E-state index in [2.05, 4.69) is 5.32 Å². The van der Waals surface area contributed by atoms with Crippen molar-refractivity contribution in [1.29, 1.82) is 0 Å². The smallest absolute Gasteiger partial charge is 0.151 e. The highest BCUT2D eigenvalue weighted by Gasteiger charge is 2.08. The largest absolute Gasteiger partial charge is 0.242 e. The summed E-state index contributed by atoms with van der Waals surface area (Å²) in [5.74, 6) is 0.483. The molecule has 1 radical (unpaired) electrons. The van der Waals surface area contributed by atoms with Gasteiger partial charge in [0.05, 0.1) is 11.5 Å².